The van der Waals surface area contributed by atoms with E-state index in [-0.39, 0.29) is 18.3 Å². The molecule has 0 radical (unpaired) electrons. The monoisotopic (exact) mass is 290 g/mol. The van der Waals surface area contributed by atoms with Crippen molar-refractivity contribution in [2.24, 2.45) is 5.41 Å². The highest BCUT2D eigenvalue weighted by molar-refractivity contribution is 6.61. The van der Waals surface area contributed by atoms with Crippen LogP contribution in [0.3, 0.4) is 0 Å². The lowest BCUT2D eigenvalue weighted by Crippen LogP contribution is -2.41. The van der Waals surface area contributed by atoms with Gasteiger partial charge in [0.05, 0.1) is 11.2 Å². The second-order valence-electron chi connectivity index (χ2n) is 8.08. The largest absolute Gasteiger partial charge is 0.498 e. The van der Waals surface area contributed by atoms with Crippen LogP contribution in [-0.4, -0.2) is 28.1 Å². The van der Waals surface area contributed by atoms with E-state index in [1.165, 1.54) is 25.7 Å². The smallest absolute Gasteiger partial charge is 0.399 e. The van der Waals surface area contributed by atoms with Crippen molar-refractivity contribution >= 4 is 12.6 Å². The van der Waals surface area contributed by atoms with Crippen LogP contribution >= 0.6 is 0 Å². The Kier molecular flexibility index (Phi) is 3.49. The quantitative estimate of drug-likeness (QED) is 0.803. The third kappa shape index (κ3) is 2.78. The maximum atomic E-state index is 6.08. The van der Waals surface area contributed by atoms with Gasteiger partial charge in [0.1, 0.15) is 0 Å². The van der Waals surface area contributed by atoms with Crippen LogP contribution in [0.4, 0.5) is 0 Å². The molecule has 1 saturated heterocycles. The third-order valence-corrected chi connectivity index (χ3v) is 5.53. The molecule has 1 aromatic rings. The van der Waals surface area contributed by atoms with E-state index in [1.54, 1.807) is 0 Å². The van der Waals surface area contributed by atoms with E-state index >= 15 is 0 Å². The van der Waals surface area contributed by atoms with Gasteiger partial charge < -0.3 is 9.31 Å². The highest BCUT2D eigenvalue weighted by Crippen LogP contribution is 2.39. The summed E-state index contributed by atoms with van der Waals surface area (Å²) in [4.78, 5) is 0. The summed E-state index contributed by atoms with van der Waals surface area (Å²) in [6.45, 7) is 11.7. The first-order valence-corrected chi connectivity index (χ1v) is 8.09. The summed E-state index contributed by atoms with van der Waals surface area (Å²) in [5, 5.41) is 4.52. The molecule has 0 N–H and O–H groups in total. The number of aromatic nitrogens is 2. The molecule has 0 bridgehead atoms. The second-order valence-corrected chi connectivity index (χ2v) is 8.08. The normalized spacial score (nSPS) is 26.4. The Morgan fingerprint density at radius 2 is 1.67 bits per heavy atom. The van der Waals surface area contributed by atoms with Crippen molar-refractivity contribution in [2.45, 2.75) is 78.0 Å². The third-order valence-electron chi connectivity index (χ3n) is 5.53. The molecule has 1 saturated carbocycles. The van der Waals surface area contributed by atoms with Crippen molar-refractivity contribution in [3.8, 4) is 0 Å². The van der Waals surface area contributed by atoms with E-state index in [4.69, 9.17) is 9.31 Å². The van der Waals surface area contributed by atoms with Gasteiger partial charge >= 0.3 is 7.12 Å². The first-order chi connectivity index (χ1) is 9.71. The molecule has 1 aliphatic carbocycles. The van der Waals surface area contributed by atoms with E-state index in [1.807, 2.05) is 6.20 Å². The highest BCUT2D eigenvalue weighted by Gasteiger charge is 2.52. The van der Waals surface area contributed by atoms with Crippen LogP contribution in [0.1, 0.15) is 60.3 Å². The Morgan fingerprint density at radius 3 is 2.24 bits per heavy atom. The fraction of sp³-hybridized carbons (Fsp3) is 0.812. The van der Waals surface area contributed by atoms with E-state index in [2.05, 4.69) is 50.6 Å². The molecule has 2 heterocycles. The highest BCUT2D eigenvalue weighted by atomic mass is 16.7. The first kappa shape index (κ1) is 15.1. The molecule has 2 fully saturated rings. The van der Waals surface area contributed by atoms with E-state index < -0.39 is 0 Å². The Balaban J connectivity index is 1.71. The molecule has 0 spiro atoms. The van der Waals surface area contributed by atoms with Crippen molar-refractivity contribution in [2.75, 3.05) is 0 Å². The molecule has 0 amide bonds. The molecule has 0 unspecified atom stereocenters. The summed E-state index contributed by atoms with van der Waals surface area (Å²) < 4.78 is 14.2. The van der Waals surface area contributed by atoms with E-state index in [9.17, 15) is 0 Å². The van der Waals surface area contributed by atoms with Crippen molar-refractivity contribution in [1.82, 2.24) is 9.78 Å². The van der Waals surface area contributed by atoms with Gasteiger partial charge in [-0.3, -0.25) is 4.68 Å². The minimum Gasteiger partial charge on any atom is -0.399 e. The number of hydrogen-bond acceptors (Lipinski definition) is 3. The SMILES string of the molecule is CC1(Cn2cc(B3OC(C)(C)C(C)(C)O3)cn2)CCCC1. The maximum absolute atomic E-state index is 6.08. The van der Waals surface area contributed by atoms with Crippen LogP contribution in [0.25, 0.3) is 0 Å². The predicted octanol–water partition coefficient (Wildman–Crippen LogP) is 2.76. The van der Waals surface area contributed by atoms with Crippen LogP contribution in [0.15, 0.2) is 12.4 Å². The molecule has 3 rings (SSSR count). The molecule has 0 atom stereocenters. The van der Waals surface area contributed by atoms with Crippen molar-refractivity contribution < 1.29 is 9.31 Å². The summed E-state index contributed by atoms with van der Waals surface area (Å²) in [6.07, 6.45) is 9.28. The summed E-state index contributed by atoms with van der Waals surface area (Å²) in [5.41, 5.74) is 0.836. The van der Waals surface area contributed by atoms with Gasteiger partial charge in [-0.2, -0.15) is 5.10 Å². The average Bonchev–Trinajstić information content (AvgIpc) is 3.01. The summed E-state index contributed by atoms with van der Waals surface area (Å²) in [5.74, 6) is 0. The maximum Gasteiger partial charge on any atom is 0.498 e. The standard InChI is InChI=1S/C16H27BN2O2/c1-14(2)15(3,4)21-17(20-14)13-10-18-19(11-13)12-16(5)8-6-7-9-16/h10-11H,6-9,12H2,1-5H3. The molecular formula is C16H27BN2O2. The van der Waals surface area contributed by atoms with Crippen molar-refractivity contribution in [1.29, 1.82) is 0 Å². The van der Waals surface area contributed by atoms with Crippen LogP contribution < -0.4 is 5.46 Å². The predicted molar refractivity (Wildman–Crippen MR) is 84.5 cm³/mol. The van der Waals surface area contributed by atoms with Gasteiger partial charge in [-0.05, 0) is 46.0 Å². The van der Waals surface area contributed by atoms with Crippen LogP contribution in [-0.2, 0) is 15.9 Å². The average molecular weight is 290 g/mol. The van der Waals surface area contributed by atoms with Crippen LogP contribution in [0.5, 0.6) is 0 Å². The van der Waals surface area contributed by atoms with E-state index in [0.29, 0.717) is 5.41 Å². The molecule has 4 nitrogen and oxygen atoms in total. The van der Waals surface area contributed by atoms with Gasteiger partial charge in [0.2, 0.25) is 0 Å². The fourth-order valence-corrected chi connectivity index (χ4v) is 3.34. The van der Waals surface area contributed by atoms with Gasteiger partial charge in [0.15, 0.2) is 0 Å². The number of rotatable bonds is 3. The lowest BCUT2D eigenvalue weighted by molar-refractivity contribution is 0.00578. The first-order valence-electron chi connectivity index (χ1n) is 8.09. The Bertz CT molecular complexity index is 502. The zero-order valence-corrected chi connectivity index (χ0v) is 14.0. The van der Waals surface area contributed by atoms with Crippen molar-refractivity contribution in [3.05, 3.63) is 12.4 Å². The second kappa shape index (κ2) is 4.85. The van der Waals surface area contributed by atoms with Crippen molar-refractivity contribution in [3.63, 3.8) is 0 Å². The Labute approximate surface area is 128 Å². The van der Waals surface area contributed by atoms with Crippen LogP contribution in [0.2, 0.25) is 0 Å². The van der Waals surface area contributed by atoms with Gasteiger partial charge in [-0.1, -0.05) is 19.8 Å². The Morgan fingerprint density at radius 1 is 1.10 bits per heavy atom. The number of hydrogen-bond donors (Lipinski definition) is 0. The molecule has 116 valence electrons. The summed E-state index contributed by atoms with van der Waals surface area (Å²) >= 11 is 0. The molecule has 2 aliphatic rings. The molecular weight excluding hydrogens is 263 g/mol. The van der Waals surface area contributed by atoms with Crippen LogP contribution in [0, 0.1) is 5.41 Å². The topological polar surface area (TPSA) is 36.3 Å². The summed E-state index contributed by atoms with van der Waals surface area (Å²) in [7, 11) is -0.305. The zero-order valence-electron chi connectivity index (χ0n) is 14.0. The molecule has 21 heavy (non-hydrogen) atoms. The van der Waals surface area contributed by atoms with Gasteiger partial charge in [0, 0.05) is 24.4 Å². The zero-order chi connectivity index (χ0) is 15.3. The number of nitrogens with zero attached hydrogens (tertiary/aromatic N) is 2. The fourth-order valence-electron chi connectivity index (χ4n) is 3.34. The van der Waals surface area contributed by atoms with E-state index in [0.717, 1.165) is 12.0 Å². The van der Waals surface area contributed by atoms with Gasteiger partial charge in [0.25, 0.3) is 0 Å². The van der Waals surface area contributed by atoms with Gasteiger partial charge in [-0.25, -0.2) is 0 Å². The molecule has 0 aromatic carbocycles. The molecule has 5 heteroatoms. The summed E-state index contributed by atoms with van der Waals surface area (Å²) in [6, 6.07) is 0. The lowest BCUT2D eigenvalue weighted by Gasteiger charge is -2.32. The Hall–Kier alpha value is -0.805. The molecule has 1 aliphatic heterocycles. The lowest BCUT2D eigenvalue weighted by atomic mass is 9.82. The van der Waals surface area contributed by atoms with Gasteiger partial charge in [-0.15, -0.1) is 0 Å². The molecule has 1 aromatic heterocycles. The minimum atomic E-state index is -0.305. The minimum absolute atomic E-state index is 0.294.